The van der Waals surface area contributed by atoms with E-state index < -0.39 is 7.59 Å². The normalized spacial score (nSPS) is 21.1. The molecule has 1 aliphatic heterocycles. The summed E-state index contributed by atoms with van der Waals surface area (Å²) in [4.78, 5) is 0. The molecule has 1 saturated heterocycles. The number of rotatable bonds is 6. The molecule has 5 heteroatoms. The molecule has 2 atom stereocenters. The first-order valence-electron chi connectivity index (χ1n) is 14.8. The van der Waals surface area contributed by atoms with Crippen molar-refractivity contribution in [3.05, 3.63) is 131 Å². The highest BCUT2D eigenvalue weighted by atomic mass is 31.2. The van der Waals surface area contributed by atoms with E-state index in [0.717, 1.165) is 36.8 Å². The molecule has 1 heterocycles. The molecule has 1 aliphatic carbocycles. The van der Waals surface area contributed by atoms with Crippen molar-refractivity contribution in [2.24, 2.45) is 4.76 Å². The van der Waals surface area contributed by atoms with Gasteiger partial charge in [0, 0.05) is 31.4 Å². The van der Waals surface area contributed by atoms with Crippen molar-refractivity contribution >= 4 is 35.4 Å². The van der Waals surface area contributed by atoms with Crippen molar-refractivity contribution in [3.63, 3.8) is 0 Å². The topological polar surface area (TPSA) is 35.9 Å². The van der Waals surface area contributed by atoms with E-state index in [1.54, 1.807) is 0 Å². The van der Waals surface area contributed by atoms with Crippen LogP contribution in [0.5, 0.6) is 0 Å². The van der Waals surface area contributed by atoms with Crippen molar-refractivity contribution < 1.29 is 4.57 Å². The first-order chi connectivity index (χ1) is 20.1. The summed E-state index contributed by atoms with van der Waals surface area (Å²) >= 11 is 0. The average Bonchev–Trinajstić information content (AvgIpc) is 3.24. The Balaban J connectivity index is 1.36. The van der Waals surface area contributed by atoms with Crippen LogP contribution in [-0.4, -0.2) is 27.6 Å². The van der Waals surface area contributed by atoms with Crippen LogP contribution in [0.15, 0.2) is 114 Å². The van der Waals surface area contributed by atoms with Gasteiger partial charge in [0.15, 0.2) is 0 Å². The third-order valence-corrected chi connectivity index (χ3v) is 11.7. The molecule has 0 aromatic heterocycles. The lowest BCUT2D eigenvalue weighted by Crippen LogP contribution is -2.39. The van der Waals surface area contributed by atoms with Crippen LogP contribution in [0, 0.1) is 6.92 Å². The van der Waals surface area contributed by atoms with E-state index in [1.165, 1.54) is 32.7 Å². The molecule has 41 heavy (non-hydrogen) atoms. The Bertz CT molecular complexity index is 1690. The van der Waals surface area contributed by atoms with Gasteiger partial charge in [-0.25, -0.2) is 14.1 Å². The van der Waals surface area contributed by atoms with Gasteiger partial charge in [-0.05, 0) is 63.6 Å². The smallest absolute Gasteiger partial charge is 0.262 e. The lowest BCUT2D eigenvalue weighted by molar-refractivity contribution is 0.198. The largest absolute Gasteiger partial charge is 0.330 e. The van der Waals surface area contributed by atoms with Gasteiger partial charge in [0.05, 0.1) is 0 Å². The predicted molar refractivity (Wildman–Crippen MR) is 171 cm³/mol. The van der Waals surface area contributed by atoms with Crippen molar-refractivity contribution in [3.8, 4) is 0 Å². The Morgan fingerprint density at radius 3 is 1.73 bits per heavy atom. The van der Waals surface area contributed by atoms with Crippen molar-refractivity contribution in [2.45, 2.75) is 57.8 Å². The SMILES string of the molecule is Cc1ccccc1/C=N/P1(=O)N(Cc2cccc3ccccc23)[C@@H]2CCCC[C@H]2N1Cc1cccc2ccccc12. The summed E-state index contributed by atoms with van der Waals surface area (Å²) in [6.45, 7) is 3.33. The minimum absolute atomic E-state index is 0.206. The second-order valence-electron chi connectivity index (χ2n) is 11.5. The van der Waals surface area contributed by atoms with E-state index in [2.05, 4.69) is 113 Å². The van der Waals surface area contributed by atoms with Crippen LogP contribution in [-0.2, 0) is 17.7 Å². The fourth-order valence-electron chi connectivity index (χ4n) is 6.95. The van der Waals surface area contributed by atoms with Crippen LogP contribution in [0.3, 0.4) is 0 Å². The summed E-state index contributed by atoms with van der Waals surface area (Å²) in [5.41, 5.74) is 4.59. The summed E-state index contributed by atoms with van der Waals surface area (Å²) in [6.07, 6.45) is 6.30. The van der Waals surface area contributed by atoms with Gasteiger partial charge in [-0.2, -0.15) is 0 Å². The van der Waals surface area contributed by atoms with Crippen LogP contribution < -0.4 is 0 Å². The molecule has 5 aromatic carbocycles. The molecule has 0 unspecified atom stereocenters. The number of aryl methyl sites for hydroxylation is 1. The predicted octanol–water partition coefficient (Wildman–Crippen LogP) is 9.16. The number of hydrogen-bond acceptors (Lipinski definition) is 1. The molecule has 0 N–H and O–H groups in total. The van der Waals surface area contributed by atoms with Gasteiger partial charge >= 0.3 is 7.59 Å². The summed E-state index contributed by atoms with van der Waals surface area (Å²) in [6, 6.07) is 38.7. The molecular weight excluding hydrogens is 521 g/mol. The Kier molecular flexibility index (Phi) is 7.08. The molecule has 7 rings (SSSR count). The summed E-state index contributed by atoms with van der Waals surface area (Å²) in [5, 5.41) is 4.89. The molecule has 4 nitrogen and oxygen atoms in total. The fraction of sp³-hybridized carbons (Fsp3) is 0.250. The van der Waals surface area contributed by atoms with Crippen LogP contribution in [0.1, 0.15) is 47.9 Å². The second-order valence-corrected chi connectivity index (χ2v) is 13.8. The van der Waals surface area contributed by atoms with Gasteiger partial charge in [0.25, 0.3) is 0 Å². The van der Waals surface area contributed by atoms with E-state index in [0.29, 0.717) is 13.1 Å². The van der Waals surface area contributed by atoms with Gasteiger partial charge in [-0.3, -0.25) is 4.57 Å². The number of benzene rings is 5. The maximum atomic E-state index is 15.7. The zero-order valence-electron chi connectivity index (χ0n) is 23.6. The zero-order chi connectivity index (χ0) is 27.8. The molecule has 2 aliphatic rings. The molecule has 0 bridgehead atoms. The molecule has 0 amide bonds. The van der Waals surface area contributed by atoms with Gasteiger partial charge in [0.2, 0.25) is 0 Å². The first-order valence-corrected chi connectivity index (χ1v) is 16.4. The van der Waals surface area contributed by atoms with E-state index in [4.69, 9.17) is 4.76 Å². The van der Waals surface area contributed by atoms with Crippen molar-refractivity contribution in [1.82, 2.24) is 9.34 Å². The lowest BCUT2D eigenvalue weighted by Gasteiger charge is -2.31. The minimum Gasteiger partial charge on any atom is -0.262 e. The van der Waals surface area contributed by atoms with E-state index in [1.807, 2.05) is 18.3 Å². The highest BCUT2D eigenvalue weighted by molar-refractivity contribution is 7.58. The van der Waals surface area contributed by atoms with E-state index >= 15 is 4.57 Å². The fourth-order valence-corrected chi connectivity index (χ4v) is 9.77. The molecule has 1 saturated carbocycles. The maximum absolute atomic E-state index is 15.7. The monoisotopic (exact) mass is 557 g/mol. The summed E-state index contributed by atoms with van der Waals surface area (Å²) < 4.78 is 25.3. The number of hydrogen-bond donors (Lipinski definition) is 0. The molecular formula is C36H36N3OP. The Labute approximate surface area is 242 Å². The third-order valence-electron chi connectivity index (χ3n) is 9.09. The van der Waals surface area contributed by atoms with Crippen LogP contribution in [0.2, 0.25) is 0 Å². The minimum atomic E-state index is -3.33. The molecule has 206 valence electrons. The van der Waals surface area contributed by atoms with Gasteiger partial charge < -0.3 is 0 Å². The summed E-state index contributed by atoms with van der Waals surface area (Å²) in [5.74, 6) is 0. The van der Waals surface area contributed by atoms with Crippen LogP contribution in [0.4, 0.5) is 0 Å². The Morgan fingerprint density at radius 1 is 0.683 bits per heavy atom. The molecule has 0 radical (unpaired) electrons. The first kappa shape index (κ1) is 26.3. The highest BCUT2D eigenvalue weighted by Gasteiger charge is 2.55. The number of nitrogens with zero attached hydrogens (tertiary/aromatic N) is 3. The van der Waals surface area contributed by atoms with Crippen LogP contribution >= 0.6 is 7.59 Å². The molecule has 0 spiro atoms. The maximum Gasteiger partial charge on any atom is 0.330 e. The third kappa shape index (κ3) is 4.85. The quantitative estimate of drug-likeness (QED) is 0.154. The second kappa shape index (κ2) is 11.0. The van der Waals surface area contributed by atoms with Crippen molar-refractivity contribution in [1.29, 1.82) is 0 Å². The number of fused-ring (bicyclic) bond motifs is 3. The van der Waals surface area contributed by atoms with E-state index in [-0.39, 0.29) is 12.1 Å². The standard InChI is InChI=1S/C36H36N3OP/c1-27-12-2-3-15-30(27)24-37-41(40)38(25-31-18-10-16-28-13-4-6-20-33(28)31)35-22-8-9-23-36(35)39(41)26-32-19-11-17-29-14-5-7-21-34(29)32/h2-7,10-21,24,35-36H,8-9,22-23,25-26H2,1H3/b37-24+/t35-,36-/m1/s1. The lowest BCUT2D eigenvalue weighted by atomic mass is 9.89. The summed E-state index contributed by atoms with van der Waals surface area (Å²) in [7, 11) is -3.33. The average molecular weight is 558 g/mol. The van der Waals surface area contributed by atoms with Gasteiger partial charge in [-0.1, -0.05) is 122 Å². The Morgan fingerprint density at radius 2 is 1.17 bits per heavy atom. The van der Waals surface area contributed by atoms with Gasteiger partial charge in [0.1, 0.15) is 0 Å². The zero-order valence-corrected chi connectivity index (χ0v) is 24.5. The highest BCUT2D eigenvalue weighted by Crippen LogP contribution is 2.66. The molecule has 5 aromatic rings. The van der Waals surface area contributed by atoms with Gasteiger partial charge in [-0.15, -0.1) is 0 Å². The van der Waals surface area contributed by atoms with Crippen molar-refractivity contribution in [2.75, 3.05) is 0 Å². The Hall–Kier alpha value is -3.56. The van der Waals surface area contributed by atoms with Crippen LogP contribution in [0.25, 0.3) is 21.5 Å². The van der Waals surface area contributed by atoms with E-state index in [9.17, 15) is 0 Å². The molecule has 2 fully saturated rings.